The van der Waals surface area contributed by atoms with Gasteiger partial charge in [-0.25, -0.2) is 4.98 Å². The fourth-order valence-electron chi connectivity index (χ4n) is 1.94. The lowest BCUT2D eigenvalue weighted by Crippen LogP contribution is -2.19. The van der Waals surface area contributed by atoms with E-state index in [1.807, 2.05) is 32.9 Å². The SMILES string of the molecule is CCC(C)C(=O)COc1c(Cl)cc(Cl)c2ccc(C)nc12. The number of aromatic nitrogens is 1. The number of fused-ring (bicyclic) bond motifs is 1. The number of halogens is 2. The van der Waals surface area contributed by atoms with Crippen molar-refractivity contribution in [2.45, 2.75) is 27.2 Å². The number of pyridine rings is 1. The summed E-state index contributed by atoms with van der Waals surface area (Å²) < 4.78 is 5.64. The summed E-state index contributed by atoms with van der Waals surface area (Å²) in [6, 6.07) is 5.36. The highest BCUT2D eigenvalue weighted by atomic mass is 35.5. The Morgan fingerprint density at radius 1 is 1.33 bits per heavy atom. The molecule has 5 heteroatoms. The topological polar surface area (TPSA) is 39.2 Å². The van der Waals surface area contributed by atoms with E-state index < -0.39 is 0 Å². The van der Waals surface area contributed by atoms with Crippen molar-refractivity contribution in [3.8, 4) is 5.75 Å². The molecule has 0 fully saturated rings. The van der Waals surface area contributed by atoms with Gasteiger partial charge in [0.25, 0.3) is 0 Å². The minimum absolute atomic E-state index is 0.0128. The van der Waals surface area contributed by atoms with Crippen LogP contribution in [0.15, 0.2) is 18.2 Å². The molecule has 0 N–H and O–H groups in total. The fraction of sp³-hybridized carbons (Fsp3) is 0.375. The van der Waals surface area contributed by atoms with Crippen LogP contribution in [0.2, 0.25) is 10.0 Å². The summed E-state index contributed by atoms with van der Waals surface area (Å²) in [6.45, 7) is 5.72. The van der Waals surface area contributed by atoms with E-state index in [4.69, 9.17) is 27.9 Å². The molecule has 2 aromatic rings. The van der Waals surface area contributed by atoms with Crippen molar-refractivity contribution >= 4 is 39.9 Å². The minimum atomic E-state index is -0.0305. The zero-order chi connectivity index (χ0) is 15.6. The number of ether oxygens (including phenoxy) is 1. The normalized spacial score (nSPS) is 12.4. The van der Waals surface area contributed by atoms with Crippen LogP contribution in [0.25, 0.3) is 10.9 Å². The molecular weight excluding hydrogens is 309 g/mol. The molecule has 0 saturated carbocycles. The summed E-state index contributed by atoms with van der Waals surface area (Å²) in [6.07, 6.45) is 0.786. The number of aryl methyl sites for hydroxylation is 1. The van der Waals surface area contributed by atoms with E-state index in [-0.39, 0.29) is 18.3 Å². The van der Waals surface area contributed by atoms with Crippen LogP contribution in [-0.4, -0.2) is 17.4 Å². The Labute approximate surface area is 134 Å². The van der Waals surface area contributed by atoms with E-state index in [0.717, 1.165) is 17.5 Å². The second-order valence-corrected chi connectivity index (χ2v) is 5.90. The summed E-state index contributed by atoms with van der Waals surface area (Å²) in [5.74, 6) is 0.428. The number of nitrogens with zero attached hydrogens (tertiary/aromatic N) is 1. The molecule has 112 valence electrons. The Morgan fingerprint density at radius 3 is 2.71 bits per heavy atom. The van der Waals surface area contributed by atoms with Crippen molar-refractivity contribution in [3.63, 3.8) is 0 Å². The van der Waals surface area contributed by atoms with E-state index in [2.05, 4.69) is 4.98 Å². The molecule has 0 saturated heterocycles. The highest BCUT2D eigenvalue weighted by Gasteiger charge is 2.16. The van der Waals surface area contributed by atoms with Gasteiger partial charge in [-0.15, -0.1) is 0 Å². The largest absolute Gasteiger partial charge is 0.482 e. The molecule has 1 atom stereocenters. The van der Waals surface area contributed by atoms with Crippen molar-refractivity contribution in [1.82, 2.24) is 4.98 Å². The number of Topliss-reactive ketones (excluding diaryl/α,β-unsaturated/α-hetero) is 1. The van der Waals surface area contributed by atoms with Crippen LogP contribution in [0, 0.1) is 12.8 Å². The molecule has 0 aliphatic rings. The van der Waals surface area contributed by atoms with Crippen LogP contribution < -0.4 is 4.74 Å². The highest BCUT2D eigenvalue weighted by molar-refractivity contribution is 6.39. The molecule has 0 radical (unpaired) electrons. The van der Waals surface area contributed by atoms with Gasteiger partial charge in [0, 0.05) is 17.0 Å². The molecule has 2 rings (SSSR count). The molecule has 1 aromatic carbocycles. The average molecular weight is 326 g/mol. The van der Waals surface area contributed by atoms with Crippen LogP contribution in [-0.2, 0) is 4.79 Å². The van der Waals surface area contributed by atoms with Crippen LogP contribution in [0.3, 0.4) is 0 Å². The number of hydrogen-bond donors (Lipinski definition) is 0. The maximum atomic E-state index is 11.9. The number of hydrogen-bond acceptors (Lipinski definition) is 3. The number of carbonyl (C=O) groups excluding carboxylic acids is 1. The Kier molecular flexibility index (Phi) is 5.07. The zero-order valence-corrected chi connectivity index (χ0v) is 13.8. The van der Waals surface area contributed by atoms with Gasteiger partial charge in [0.15, 0.2) is 11.5 Å². The summed E-state index contributed by atoms with van der Waals surface area (Å²) in [5, 5.41) is 1.64. The molecule has 3 nitrogen and oxygen atoms in total. The molecule has 1 aromatic heterocycles. The third kappa shape index (κ3) is 3.47. The van der Waals surface area contributed by atoms with Crippen LogP contribution in [0.5, 0.6) is 5.75 Å². The summed E-state index contributed by atoms with van der Waals surface area (Å²) in [7, 11) is 0. The second-order valence-electron chi connectivity index (χ2n) is 5.08. The molecule has 21 heavy (non-hydrogen) atoms. The molecule has 1 heterocycles. The maximum Gasteiger partial charge on any atom is 0.172 e. The predicted molar refractivity (Wildman–Crippen MR) is 86.5 cm³/mol. The summed E-state index contributed by atoms with van der Waals surface area (Å²) >= 11 is 12.4. The van der Waals surface area contributed by atoms with E-state index in [0.29, 0.717) is 21.3 Å². The van der Waals surface area contributed by atoms with Crippen molar-refractivity contribution < 1.29 is 9.53 Å². The lowest BCUT2D eigenvalue weighted by atomic mass is 10.0. The zero-order valence-electron chi connectivity index (χ0n) is 12.2. The molecular formula is C16H17Cl2NO2. The predicted octanol–water partition coefficient (Wildman–Crippen LogP) is 4.84. The second kappa shape index (κ2) is 6.63. The van der Waals surface area contributed by atoms with Gasteiger partial charge in [0.05, 0.1) is 10.0 Å². The minimum Gasteiger partial charge on any atom is -0.482 e. The average Bonchev–Trinajstić information content (AvgIpc) is 2.45. The molecule has 0 aliphatic carbocycles. The summed E-state index contributed by atoms with van der Waals surface area (Å²) in [4.78, 5) is 16.3. The molecule has 1 unspecified atom stereocenters. The van der Waals surface area contributed by atoms with Gasteiger partial charge in [-0.05, 0) is 31.5 Å². The molecule has 0 bridgehead atoms. The van der Waals surface area contributed by atoms with Gasteiger partial charge >= 0.3 is 0 Å². The number of ketones is 1. The first-order valence-electron chi connectivity index (χ1n) is 6.85. The molecule has 0 aliphatic heterocycles. The quantitative estimate of drug-likeness (QED) is 0.789. The molecule has 0 amide bonds. The van der Waals surface area contributed by atoms with Crippen LogP contribution in [0.4, 0.5) is 0 Å². The lowest BCUT2D eigenvalue weighted by Gasteiger charge is -2.13. The van der Waals surface area contributed by atoms with Crippen molar-refractivity contribution in [2.75, 3.05) is 6.61 Å². The first kappa shape index (κ1) is 16.1. The number of benzene rings is 1. The Hall–Kier alpha value is -1.32. The van der Waals surface area contributed by atoms with E-state index >= 15 is 0 Å². The van der Waals surface area contributed by atoms with Gasteiger partial charge < -0.3 is 4.74 Å². The standard InChI is InChI=1S/C16H17Cl2NO2/c1-4-9(2)14(20)8-21-16-13(18)7-12(17)11-6-5-10(3)19-15(11)16/h5-7,9H,4,8H2,1-3H3. The maximum absolute atomic E-state index is 11.9. The van der Waals surface area contributed by atoms with E-state index in [1.165, 1.54) is 0 Å². The van der Waals surface area contributed by atoms with Crippen LogP contribution >= 0.6 is 23.2 Å². The van der Waals surface area contributed by atoms with E-state index in [9.17, 15) is 4.79 Å². The fourth-order valence-corrected chi connectivity index (χ4v) is 2.51. The Bertz CT molecular complexity index is 686. The van der Waals surface area contributed by atoms with Crippen molar-refractivity contribution in [1.29, 1.82) is 0 Å². The van der Waals surface area contributed by atoms with Gasteiger partial charge in [0.1, 0.15) is 12.1 Å². The van der Waals surface area contributed by atoms with Gasteiger partial charge in [-0.2, -0.15) is 0 Å². The van der Waals surface area contributed by atoms with Gasteiger partial charge in [-0.1, -0.05) is 37.0 Å². The Morgan fingerprint density at radius 2 is 2.05 bits per heavy atom. The Balaban J connectivity index is 2.39. The van der Waals surface area contributed by atoms with Gasteiger partial charge in [-0.3, -0.25) is 4.79 Å². The first-order valence-corrected chi connectivity index (χ1v) is 7.60. The summed E-state index contributed by atoms with van der Waals surface area (Å²) in [5.41, 5.74) is 1.42. The molecule has 0 spiro atoms. The third-order valence-corrected chi connectivity index (χ3v) is 4.09. The smallest absolute Gasteiger partial charge is 0.172 e. The van der Waals surface area contributed by atoms with Crippen molar-refractivity contribution in [3.05, 3.63) is 33.9 Å². The van der Waals surface area contributed by atoms with E-state index in [1.54, 1.807) is 6.07 Å². The lowest BCUT2D eigenvalue weighted by molar-refractivity contribution is -0.124. The first-order chi connectivity index (χ1) is 9.93. The monoisotopic (exact) mass is 325 g/mol. The highest BCUT2D eigenvalue weighted by Crippen LogP contribution is 2.37. The van der Waals surface area contributed by atoms with Crippen molar-refractivity contribution in [2.24, 2.45) is 5.92 Å². The number of carbonyl (C=O) groups is 1. The third-order valence-electron chi connectivity index (χ3n) is 3.50. The van der Waals surface area contributed by atoms with Crippen LogP contribution in [0.1, 0.15) is 26.0 Å². The number of rotatable bonds is 5. The van der Waals surface area contributed by atoms with Gasteiger partial charge in [0.2, 0.25) is 0 Å².